The molecule has 1 fully saturated rings. The molecule has 0 radical (unpaired) electrons. The fourth-order valence-electron chi connectivity index (χ4n) is 3.03. The first-order valence-corrected chi connectivity index (χ1v) is 8.55. The van der Waals surface area contributed by atoms with Crippen molar-refractivity contribution in [2.24, 2.45) is 5.92 Å². The van der Waals surface area contributed by atoms with Crippen LogP contribution < -0.4 is 10.2 Å². The Morgan fingerprint density at radius 2 is 2.10 bits per heavy atom. The molecule has 1 aliphatic heterocycles. The summed E-state index contributed by atoms with van der Waals surface area (Å²) in [7, 11) is 0. The molecule has 0 saturated carbocycles. The number of hydrogen-bond donors (Lipinski definition) is 1. The molecule has 0 aliphatic carbocycles. The lowest BCUT2D eigenvalue weighted by atomic mass is 9.92. The molecule has 2 atom stereocenters. The second kappa shape index (κ2) is 6.95. The molecule has 2 nitrogen and oxygen atoms in total. The highest BCUT2D eigenvalue weighted by atomic mass is 79.9. The quantitative estimate of drug-likeness (QED) is 0.864. The van der Waals surface area contributed by atoms with Gasteiger partial charge in [0.2, 0.25) is 0 Å². The van der Waals surface area contributed by atoms with Crippen molar-refractivity contribution in [3.63, 3.8) is 0 Å². The van der Waals surface area contributed by atoms with Crippen molar-refractivity contribution in [3.8, 4) is 0 Å². The molecule has 1 aliphatic rings. The molecule has 3 heteroatoms. The zero-order valence-corrected chi connectivity index (χ0v) is 14.7. The first kappa shape index (κ1) is 15.8. The van der Waals surface area contributed by atoms with Crippen LogP contribution in [0.15, 0.2) is 22.7 Å². The van der Waals surface area contributed by atoms with E-state index in [-0.39, 0.29) is 0 Å². The highest BCUT2D eigenvalue weighted by Crippen LogP contribution is 2.32. The summed E-state index contributed by atoms with van der Waals surface area (Å²) in [5.74, 6) is 0.852. The van der Waals surface area contributed by atoms with Gasteiger partial charge in [-0.3, -0.25) is 0 Å². The van der Waals surface area contributed by atoms with Gasteiger partial charge >= 0.3 is 0 Å². The van der Waals surface area contributed by atoms with Gasteiger partial charge in [-0.05, 0) is 43.4 Å². The molecule has 2 unspecified atom stereocenters. The van der Waals surface area contributed by atoms with Gasteiger partial charge in [-0.25, -0.2) is 0 Å². The van der Waals surface area contributed by atoms with Crippen LogP contribution >= 0.6 is 15.9 Å². The van der Waals surface area contributed by atoms with Gasteiger partial charge in [0.1, 0.15) is 0 Å². The van der Waals surface area contributed by atoms with Gasteiger partial charge in [-0.2, -0.15) is 0 Å². The van der Waals surface area contributed by atoms with Crippen LogP contribution in [0.3, 0.4) is 0 Å². The maximum Gasteiger partial charge on any atom is 0.0425 e. The number of nitrogens with one attached hydrogen (secondary N) is 1. The first-order chi connectivity index (χ1) is 9.47. The lowest BCUT2D eigenvalue weighted by molar-refractivity contribution is 0.377. The summed E-state index contributed by atoms with van der Waals surface area (Å²) < 4.78 is 1.17. The van der Waals surface area contributed by atoms with Crippen molar-refractivity contribution in [2.75, 3.05) is 11.4 Å². The first-order valence-electron chi connectivity index (χ1n) is 7.75. The molecule has 1 heterocycles. The Hall–Kier alpha value is -0.540. The second-order valence-corrected chi connectivity index (χ2v) is 7.40. The van der Waals surface area contributed by atoms with Crippen LogP contribution in [0.2, 0.25) is 0 Å². The number of benzene rings is 1. The van der Waals surface area contributed by atoms with Crippen LogP contribution in [-0.2, 0) is 6.54 Å². The van der Waals surface area contributed by atoms with E-state index in [1.807, 2.05) is 0 Å². The Bertz CT molecular complexity index is 445. The molecule has 1 aromatic carbocycles. The van der Waals surface area contributed by atoms with Crippen molar-refractivity contribution in [1.82, 2.24) is 5.32 Å². The maximum atomic E-state index is 3.63. The maximum absolute atomic E-state index is 3.63. The lowest BCUT2D eigenvalue weighted by Crippen LogP contribution is -2.41. The Labute approximate surface area is 132 Å². The van der Waals surface area contributed by atoms with Crippen LogP contribution in [0.25, 0.3) is 0 Å². The van der Waals surface area contributed by atoms with Crippen molar-refractivity contribution in [2.45, 2.75) is 59.2 Å². The van der Waals surface area contributed by atoms with Crippen molar-refractivity contribution in [1.29, 1.82) is 0 Å². The van der Waals surface area contributed by atoms with Crippen molar-refractivity contribution >= 4 is 21.6 Å². The van der Waals surface area contributed by atoms with E-state index < -0.39 is 0 Å². The predicted octanol–water partition coefficient (Wildman–Crippen LogP) is 4.57. The molecular formula is C17H27BrN2. The SMILES string of the molecule is CC1CCN(c2cc(Br)ccc2CNC(C)C)C(C)C1. The van der Waals surface area contributed by atoms with Gasteiger partial charge in [0.25, 0.3) is 0 Å². The third-order valence-electron chi connectivity index (χ3n) is 4.20. The molecule has 1 saturated heterocycles. The number of nitrogens with zero attached hydrogens (tertiary/aromatic N) is 1. The van der Waals surface area contributed by atoms with Gasteiger partial charge in [0.05, 0.1) is 0 Å². The molecule has 112 valence electrons. The fourth-order valence-corrected chi connectivity index (χ4v) is 3.38. The lowest BCUT2D eigenvalue weighted by Gasteiger charge is -2.39. The van der Waals surface area contributed by atoms with Gasteiger partial charge < -0.3 is 10.2 Å². The molecule has 2 rings (SSSR count). The summed E-state index contributed by atoms with van der Waals surface area (Å²) in [6, 6.07) is 7.83. The number of piperidine rings is 1. The normalized spacial score (nSPS) is 23.4. The third kappa shape index (κ3) is 3.98. The zero-order chi connectivity index (χ0) is 14.7. The van der Waals surface area contributed by atoms with E-state index in [0.717, 1.165) is 12.5 Å². The third-order valence-corrected chi connectivity index (χ3v) is 4.69. The molecule has 1 N–H and O–H groups in total. The van der Waals surface area contributed by atoms with Gasteiger partial charge in [-0.15, -0.1) is 0 Å². The van der Waals surface area contributed by atoms with E-state index in [9.17, 15) is 0 Å². The Balaban J connectivity index is 2.22. The minimum atomic E-state index is 0.519. The van der Waals surface area contributed by atoms with Crippen molar-refractivity contribution < 1.29 is 0 Å². The van der Waals surface area contributed by atoms with Crippen LogP contribution in [0.4, 0.5) is 5.69 Å². The minimum absolute atomic E-state index is 0.519. The van der Waals surface area contributed by atoms with Crippen LogP contribution in [0.1, 0.15) is 46.1 Å². The van der Waals surface area contributed by atoms with Crippen LogP contribution in [0, 0.1) is 5.92 Å². The molecule has 1 aromatic rings. The molecule has 20 heavy (non-hydrogen) atoms. The summed E-state index contributed by atoms with van der Waals surface area (Å²) in [4.78, 5) is 2.59. The second-order valence-electron chi connectivity index (χ2n) is 6.48. The molecule has 0 amide bonds. The van der Waals surface area contributed by atoms with Gasteiger partial charge in [0, 0.05) is 35.3 Å². The van der Waals surface area contributed by atoms with Crippen LogP contribution in [-0.4, -0.2) is 18.6 Å². The van der Waals surface area contributed by atoms with E-state index in [1.165, 1.54) is 35.1 Å². The van der Waals surface area contributed by atoms with E-state index in [4.69, 9.17) is 0 Å². The summed E-state index contributed by atoms with van der Waals surface area (Å²) >= 11 is 3.63. The zero-order valence-electron chi connectivity index (χ0n) is 13.1. The molecule has 0 spiro atoms. The number of rotatable bonds is 4. The average molecular weight is 339 g/mol. The number of hydrogen-bond acceptors (Lipinski definition) is 2. The molecule has 0 bridgehead atoms. The highest BCUT2D eigenvalue weighted by molar-refractivity contribution is 9.10. The summed E-state index contributed by atoms with van der Waals surface area (Å²) in [6.07, 6.45) is 2.59. The van der Waals surface area contributed by atoms with E-state index >= 15 is 0 Å². The largest absolute Gasteiger partial charge is 0.369 e. The number of halogens is 1. The standard InChI is InChI=1S/C17H27BrN2/c1-12(2)19-11-15-5-6-16(18)10-17(15)20-8-7-13(3)9-14(20)4/h5-6,10,12-14,19H,7-9,11H2,1-4H3. The Morgan fingerprint density at radius 3 is 2.75 bits per heavy atom. The van der Waals surface area contributed by atoms with E-state index in [2.05, 4.69) is 72.0 Å². The van der Waals surface area contributed by atoms with Gasteiger partial charge in [0.15, 0.2) is 0 Å². The van der Waals surface area contributed by atoms with Crippen LogP contribution in [0.5, 0.6) is 0 Å². The topological polar surface area (TPSA) is 15.3 Å². The summed E-state index contributed by atoms with van der Waals surface area (Å²) in [5, 5.41) is 3.54. The van der Waals surface area contributed by atoms with Gasteiger partial charge in [-0.1, -0.05) is 42.8 Å². The Morgan fingerprint density at radius 1 is 1.35 bits per heavy atom. The fraction of sp³-hybridized carbons (Fsp3) is 0.647. The highest BCUT2D eigenvalue weighted by Gasteiger charge is 2.24. The summed E-state index contributed by atoms with van der Waals surface area (Å²) in [6.45, 7) is 11.2. The monoisotopic (exact) mass is 338 g/mol. The predicted molar refractivity (Wildman–Crippen MR) is 91.3 cm³/mol. The van der Waals surface area contributed by atoms with Crippen molar-refractivity contribution in [3.05, 3.63) is 28.2 Å². The summed E-state index contributed by atoms with van der Waals surface area (Å²) in [5.41, 5.74) is 2.80. The molecular weight excluding hydrogens is 312 g/mol. The molecule has 0 aromatic heterocycles. The average Bonchev–Trinajstić information content (AvgIpc) is 2.37. The smallest absolute Gasteiger partial charge is 0.0425 e. The minimum Gasteiger partial charge on any atom is -0.369 e. The Kier molecular flexibility index (Phi) is 5.50. The van der Waals surface area contributed by atoms with E-state index in [1.54, 1.807) is 0 Å². The van der Waals surface area contributed by atoms with E-state index in [0.29, 0.717) is 12.1 Å². The number of anilines is 1.